The van der Waals surface area contributed by atoms with Gasteiger partial charge in [-0.05, 0) is 43.8 Å². The van der Waals surface area contributed by atoms with E-state index in [2.05, 4.69) is 11.0 Å². The number of likely N-dealkylation sites (tertiary alicyclic amines) is 1. The Morgan fingerprint density at radius 3 is 2.95 bits per heavy atom. The highest BCUT2D eigenvalue weighted by Gasteiger charge is 2.25. The second-order valence-corrected chi connectivity index (χ2v) is 6.02. The lowest BCUT2D eigenvalue weighted by molar-refractivity contribution is 0.0822. The lowest BCUT2D eigenvalue weighted by atomic mass is 10.1. The molecule has 22 heavy (non-hydrogen) atoms. The van der Waals surface area contributed by atoms with Crippen LogP contribution in [-0.4, -0.2) is 35.3 Å². The van der Waals surface area contributed by atoms with E-state index in [1.807, 2.05) is 38.2 Å². The van der Waals surface area contributed by atoms with Gasteiger partial charge in [-0.25, -0.2) is 0 Å². The zero-order valence-electron chi connectivity index (χ0n) is 13.4. The number of hydrogen-bond donors (Lipinski definition) is 0. The van der Waals surface area contributed by atoms with Gasteiger partial charge in [-0.2, -0.15) is 0 Å². The predicted octanol–water partition coefficient (Wildman–Crippen LogP) is 2.54. The number of hydrogen-bond acceptors (Lipinski definition) is 3. The van der Waals surface area contributed by atoms with E-state index in [0.717, 1.165) is 49.2 Å². The molecule has 1 unspecified atom stereocenters. The van der Waals surface area contributed by atoms with Crippen LogP contribution in [0.1, 0.15) is 25.3 Å². The van der Waals surface area contributed by atoms with Crippen molar-refractivity contribution in [3.8, 4) is 0 Å². The first-order chi connectivity index (χ1) is 10.7. The summed E-state index contributed by atoms with van der Waals surface area (Å²) in [5.41, 5.74) is 1.98. The van der Waals surface area contributed by atoms with Gasteiger partial charge in [0.15, 0.2) is 0 Å². The molecule has 118 valence electrons. The van der Waals surface area contributed by atoms with Gasteiger partial charge < -0.3 is 9.30 Å². The quantitative estimate of drug-likeness (QED) is 0.851. The third-order valence-corrected chi connectivity index (χ3v) is 4.59. The van der Waals surface area contributed by atoms with Gasteiger partial charge >= 0.3 is 0 Å². The fraction of sp³-hybridized carbons (Fsp3) is 0.500. The van der Waals surface area contributed by atoms with Gasteiger partial charge in [-0.3, -0.25) is 9.69 Å². The van der Waals surface area contributed by atoms with E-state index in [4.69, 9.17) is 4.74 Å². The number of aryl methyl sites for hydroxylation is 1. The maximum atomic E-state index is 12.6. The Morgan fingerprint density at radius 1 is 1.32 bits per heavy atom. The molecule has 2 aromatic rings. The van der Waals surface area contributed by atoms with Crippen molar-refractivity contribution in [3.63, 3.8) is 0 Å². The van der Waals surface area contributed by atoms with E-state index in [1.54, 1.807) is 4.57 Å². The minimum Gasteiger partial charge on any atom is -0.380 e. The van der Waals surface area contributed by atoms with Gasteiger partial charge in [0, 0.05) is 31.8 Å². The second-order valence-electron chi connectivity index (χ2n) is 6.02. The number of fused-ring (bicyclic) bond motifs is 1. The lowest BCUT2D eigenvalue weighted by Crippen LogP contribution is -2.35. The number of para-hydroxylation sites is 1. The van der Waals surface area contributed by atoms with Crippen LogP contribution in [0.2, 0.25) is 0 Å². The topological polar surface area (TPSA) is 34.5 Å². The van der Waals surface area contributed by atoms with Crippen molar-refractivity contribution in [3.05, 3.63) is 46.2 Å². The van der Waals surface area contributed by atoms with Crippen LogP contribution in [0.3, 0.4) is 0 Å². The van der Waals surface area contributed by atoms with Crippen LogP contribution in [0.25, 0.3) is 10.9 Å². The zero-order valence-corrected chi connectivity index (χ0v) is 13.4. The zero-order chi connectivity index (χ0) is 15.5. The molecule has 2 heterocycles. The van der Waals surface area contributed by atoms with Gasteiger partial charge in [0.05, 0.1) is 12.1 Å². The number of benzene rings is 1. The average Bonchev–Trinajstić information content (AvgIpc) is 2.97. The molecule has 0 aliphatic carbocycles. The molecular weight excluding hydrogens is 276 g/mol. The molecule has 0 N–H and O–H groups in total. The normalized spacial score (nSPS) is 19.1. The summed E-state index contributed by atoms with van der Waals surface area (Å²) in [6, 6.07) is 10.5. The maximum absolute atomic E-state index is 12.6. The minimum absolute atomic E-state index is 0.112. The molecule has 4 heteroatoms. The average molecular weight is 300 g/mol. The largest absolute Gasteiger partial charge is 0.380 e. The van der Waals surface area contributed by atoms with Gasteiger partial charge in [0.2, 0.25) is 0 Å². The van der Waals surface area contributed by atoms with Crippen molar-refractivity contribution in [1.82, 2.24) is 9.47 Å². The van der Waals surface area contributed by atoms with E-state index >= 15 is 0 Å². The highest BCUT2D eigenvalue weighted by molar-refractivity contribution is 5.79. The van der Waals surface area contributed by atoms with E-state index in [9.17, 15) is 4.79 Å². The fourth-order valence-electron chi connectivity index (χ4n) is 3.37. The third-order valence-electron chi connectivity index (χ3n) is 4.59. The SMILES string of the molecule is CCOCC1CCCN1Cc1cc2ccccc2n(C)c1=O. The van der Waals surface area contributed by atoms with E-state index in [-0.39, 0.29) is 5.56 Å². The molecule has 4 nitrogen and oxygen atoms in total. The molecule has 0 radical (unpaired) electrons. The van der Waals surface area contributed by atoms with Crippen molar-refractivity contribution in [2.75, 3.05) is 19.8 Å². The number of pyridine rings is 1. The number of aromatic nitrogens is 1. The Bertz CT molecular complexity index is 708. The summed E-state index contributed by atoms with van der Waals surface area (Å²) in [7, 11) is 1.86. The van der Waals surface area contributed by atoms with E-state index in [0.29, 0.717) is 6.04 Å². The predicted molar refractivity (Wildman–Crippen MR) is 89.1 cm³/mol. The highest BCUT2D eigenvalue weighted by atomic mass is 16.5. The molecule has 0 bridgehead atoms. The van der Waals surface area contributed by atoms with Crippen LogP contribution in [0, 0.1) is 0 Å². The highest BCUT2D eigenvalue weighted by Crippen LogP contribution is 2.21. The van der Waals surface area contributed by atoms with Crippen LogP contribution in [0.4, 0.5) is 0 Å². The summed E-state index contributed by atoms with van der Waals surface area (Å²) >= 11 is 0. The third kappa shape index (κ3) is 2.94. The number of rotatable bonds is 5. The van der Waals surface area contributed by atoms with Crippen molar-refractivity contribution >= 4 is 10.9 Å². The summed E-state index contributed by atoms with van der Waals surface area (Å²) in [5, 5.41) is 1.13. The van der Waals surface area contributed by atoms with Crippen LogP contribution in [0.5, 0.6) is 0 Å². The summed E-state index contributed by atoms with van der Waals surface area (Å²) in [6.45, 7) is 5.31. The van der Waals surface area contributed by atoms with E-state index in [1.165, 1.54) is 6.42 Å². The first kappa shape index (κ1) is 15.3. The monoisotopic (exact) mass is 300 g/mol. The van der Waals surface area contributed by atoms with Crippen LogP contribution >= 0.6 is 0 Å². The maximum Gasteiger partial charge on any atom is 0.255 e. The standard InChI is InChI=1S/C18H24N2O2/c1-3-22-13-16-8-6-10-20(16)12-15-11-14-7-4-5-9-17(14)19(2)18(15)21/h4-5,7,9,11,16H,3,6,8,10,12-13H2,1-2H3. The summed E-state index contributed by atoms with van der Waals surface area (Å²) in [4.78, 5) is 15.0. The Hall–Kier alpha value is -1.65. The molecule has 1 aliphatic heterocycles. The van der Waals surface area contributed by atoms with Gasteiger partial charge in [0.25, 0.3) is 5.56 Å². The first-order valence-corrected chi connectivity index (χ1v) is 8.10. The number of nitrogens with zero attached hydrogens (tertiary/aromatic N) is 2. The molecule has 0 spiro atoms. The van der Waals surface area contributed by atoms with Gasteiger partial charge in [-0.15, -0.1) is 0 Å². The molecule has 0 saturated carbocycles. The minimum atomic E-state index is 0.112. The van der Waals surface area contributed by atoms with Crippen molar-refractivity contribution < 1.29 is 4.74 Å². The second kappa shape index (κ2) is 6.63. The van der Waals surface area contributed by atoms with Crippen LogP contribution in [-0.2, 0) is 18.3 Å². The molecule has 1 aliphatic rings. The lowest BCUT2D eigenvalue weighted by Gasteiger charge is -2.24. The molecule has 0 amide bonds. The Morgan fingerprint density at radius 2 is 2.14 bits per heavy atom. The fourth-order valence-corrected chi connectivity index (χ4v) is 3.37. The van der Waals surface area contributed by atoms with Crippen LogP contribution in [0.15, 0.2) is 35.1 Å². The van der Waals surface area contributed by atoms with Crippen LogP contribution < -0.4 is 5.56 Å². The Labute approximate surface area is 131 Å². The first-order valence-electron chi connectivity index (χ1n) is 8.10. The van der Waals surface area contributed by atoms with Gasteiger partial charge in [0.1, 0.15) is 0 Å². The molecule has 1 saturated heterocycles. The summed E-state index contributed by atoms with van der Waals surface area (Å²) in [6.07, 6.45) is 2.35. The molecular formula is C18H24N2O2. The summed E-state index contributed by atoms with van der Waals surface area (Å²) in [5.74, 6) is 0. The number of ether oxygens (including phenoxy) is 1. The molecule has 1 atom stereocenters. The smallest absolute Gasteiger partial charge is 0.255 e. The van der Waals surface area contributed by atoms with E-state index < -0.39 is 0 Å². The van der Waals surface area contributed by atoms with Crippen molar-refractivity contribution in [2.24, 2.45) is 7.05 Å². The van der Waals surface area contributed by atoms with Gasteiger partial charge in [-0.1, -0.05) is 18.2 Å². The van der Waals surface area contributed by atoms with Crippen molar-refractivity contribution in [1.29, 1.82) is 0 Å². The molecule has 3 rings (SSSR count). The Kier molecular flexibility index (Phi) is 4.60. The van der Waals surface area contributed by atoms with Crippen molar-refractivity contribution in [2.45, 2.75) is 32.4 Å². The Balaban J connectivity index is 1.87. The molecule has 1 aromatic carbocycles. The summed E-state index contributed by atoms with van der Waals surface area (Å²) < 4.78 is 7.35. The molecule has 1 fully saturated rings. The molecule has 1 aromatic heterocycles.